The molecule has 1 aromatic heterocycles. The maximum atomic E-state index is 5.06. The first kappa shape index (κ1) is 14.5. The third kappa shape index (κ3) is 3.54. The number of methoxy groups -OCH3 is 1. The van der Waals surface area contributed by atoms with Gasteiger partial charge in [-0.1, -0.05) is 36.8 Å². The van der Waals surface area contributed by atoms with Crippen LogP contribution in [0.5, 0.6) is 5.88 Å². The molecular weight excluding hydrogens is 250 g/mol. The summed E-state index contributed by atoms with van der Waals surface area (Å²) in [5.74, 6) is 0.534. The van der Waals surface area contributed by atoms with Gasteiger partial charge in [-0.05, 0) is 31.5 Å². The molecule has 1 heterocycles. The van der Waals surface area contributed by atoms with Gasteiger partial charge in [-0.3, -0.25) is 0 Å². The van der Waals surface area contributed by atoms with E-state index in [0.29, 0.717) is 5.88 Å². The summed E-state index contributed by atoms with van der Waals surface area (Å²) in [5.41, 5.74) is 3.36. The lowest BCUT2D eigenvalue weighted by Crippen LogP contribution is -2.24. The fourth-order valence-electron chi connectivity index (χ4n) is 2.03. The zero-order chi connectivity index (χ0) is 14.4. The maximum Gasteiger partial charge on any atom is 0.233 e. The van der Waals surface area contributed by atoms with Crippen LogP contribution in [0.3, 0.4) is 0 Å². The van der Waals surface area contributed by atoms with Crippen molar-refractivity contribution in [3.63, 3.8) is 0 Å². The molecule has 1 unspecified atom stereocenters. The number of rotatable bonds is 6. The number of nitrogens with zero attached hydrogens (tertiary/aromatic N) is 2. The van der Waals surface area contributed by atoms with Crippen LogP contribution in [0.15, 0.2) is 36.4 Å². The minimum absolute atomic E-state index is 0.0638. The van der Waals surface area contributed by atoms with E-state index in [9.17, 15) is 0 Å². The van der Waals surface area contributed by atoms with Gasteiger partial charge in [-0.15, -0.1) is 10.2 Å². The van der Waals surface area contributed by atoms with E-state index in [1.807, 2.05) is 12.1 Å². The molecule has 0 amide bonds. The molecule has 0 spiro atoms. The zero-order valence-corrected chi connectivity index (χ0v) is 12.3. The number of benzene rings is 1. The average molecular weight is 271 g/mol. The quantitative estimate of drug-likeness (QED) is 0.877. The molecule has 4 nitrogen and oxygen atoms in total. The van der Waals surface area contributed by atoms with Gasteiger partial charge in [0, 0.05) is 6.07 Å². The van der Waals surface area contributed by atoms with Crippen molar-refractivity contribution in [2.24, 2.45) is 0 Å². The molecule has 0 aliphatic rings. The molecule has 2 aromatic rings. The van der Waals surface area contributed by atoms with Crippen molar-refractivity contribution in [1.82, 2.24) is 15.5 Å². The normalized spacial score (nSPS) is 12.2. The van der Waals surface area contributed by atoms with Crippen molar-refractivity contribution < 1.29 is 4.74 Å². The van der Waals surface area contributed by atoms with Crippen molar-refractivity contribution >= 4 is 0 Å². The summed E-state index contributed by atoms with van der Waals surface area (Å²) >= 11 is 0. The molecule has 1 N–H and O–H groups in total. The molecule has 0 bridgehead atoms. The van der Waals surface area contributed by atoms with Crippen molar-refractivity contribution in [3.8, 4) is 5.88 Å². The molecule has 0 aliphatic carbocycles. The summed E-state index contributed by atoms with van der Waals surface area (Å²) in [6, 6.07) is 12.4. The second-order valence-corrected chi connectivity index (χ2v) is 4.80. The van der Waals surface area contributed by atoms with Crippen LogP contribution >= 0.6 is 0 Å². The van der Waals surface area contributed by atoms with Crippen LogP contribution in [0.1, 0.15) is 36.2 Å². The number of hydrogen-bond acceptors (Lipinski definition) is 4. The van der Waals surface area contributed by atoms with Gasteiger partial charge < -0.3 is 10.1 Å². The van der Waals surface area contributed by atoms with Crippen molar-refractivity contribution in [2.45, 2.75) is 26.3 Å². The molecule has 2 rings (SSSR count). The average Bonchev–Trinajstić information content (AvgIpc) is 2.50. The number of aryl methyl sites for hydroxylation is 1. The molecular formula is C16H21N3O. The number of ether oxygens (including phenoxy) is 1. The number of hydrogen-bond donors (Lipinski definition) is 1. The summed E-state index contributed by atoms with van der Waals surface area (Å²) in [6.07, 6.45) is 1.08. The monoisotopic (exact) mass is 271 g/mol. The van der Waals surface area contributed by atoms with Crippen LogP contribution in [-0.4, -0.2) is 23.9 Å². The molecule has 106 valence electrons. The highest BCUT2D eigenvalue weighted by Crippen LogP contribution is 2.21. The number of nitrogens with one attached hydrogen (secondary N) is 1. The van der Waals surface area contributed by atoms with Gasteiger partial charge in [0.2, 0.25) is 5.88 Å². The van der Waals surface area contributed by atoms with Crippen molar-refractivity contribution in [2.75, 3.05) is 13.7 Å². The van der Waals surface area contributed by atoms with E-state index < -0.39 is 0 Å². The van der Waals surface area contributed by atoms with Crippen LogP contribution in [-0.2, 0) is 0 Å². The predicted octanol–water partition coefficient (Wildman–Crippen LogP) is 2.88. The Balaban J connectivity index is 2.27. The third-order valence-corrected chi connectivity index (χ3v) is 3.17. The van der Waals surface area contributed by atoms with Gasteiger partial charge in [-0.2, -0.15) is 0 Å². The van der Waals surface area contributed by atoms with E-state index in [0.717, 1.165) is 18.7 Å². The standard InChI is InChI=1S/C16H21N3O/c1-4-11-17-16(13-7-5-12(2)6-8-13)14-9-10-15(20-3)19-18-14/h5-10,16-17H,4,11H2,1-3H3. The Morgan fingerprint density at radius 1 is 1.10 bits per heavy atom. The highest BCUT2D eigenvalue weighted by atomic mass is 16.5. The molecule has 0 radical (unpaired) electrons. The molecule has 0 saturated carbocycles. The smallest absolute Gasteiger partial charge is 0.233 e. The van der Waals surface area contributed by atoms with Crippen LogP contribution in [0.2, 0.25) is 0 Å². The highest BCUT2D eigenvalue weighted by molar-refractivity contribution is 5.30. The minimum atomic E-state index is 0.0638. The Hall–Kier alpha value is -1.94. The van der Waals surface area contributed by atoms with Gasteiger partial charge in [0.1, 0.15) is 0 Å². The molecule has 0 fully saturated rings. The van der Waals surface area contributed by atoms with Gasteiger partial charge >= 0.3 is 0 Å². The summed E-state index contributed by atoms with van der Waals surface area (Å²) in [5, 5.41) is 11.8. The van der Waals surface area contributed by atoms with Gasteiger partial charge in [0.15, 0.2) is 0 Å². The second-order valence-electron chi connectivity index (χ2n) is 4.80. The minimum Gasteiger partial charge on any atom is -0.480 e. The van der Waals surface area contributed by atoms with Crippen molar-refractivity contribution in [1.29, 1.82) is 0 Å². The lowest BCUT2D eigenvalue weighted by Gasteiger charge is -2.18. The summed E-state index contributed by atoms with van der Waals surface area (Å²) in [7, 11) is 1.59. The molecule has 1 aromatic carbocycles. The Kier molecular flexibility index (Phi) is 5.07. The largest absolute Gasteiger partial charge is 0.480 e. The molecule has 1 atom stereocenters. The SMILES string of the molecule is CCCNC(c1ccc(C)cc1)c1ccc(OC)nn1. The van der Waals surface area contributed by atoms with E-state index >= 15 is 0 Å². The highest BCUT2D eigenvalue weighted by Gasteiger charge is 2.15. The Morgan fingerprint density at radius 3 is 2.40 bits per heavy atom. The van der Waals surface area contributed by atoms with E-state index in [4.69, 9.17) is 4.74 Å². The molecule has 20 heavy (non-hydrogen) atoms. The lowest BCUT2D eigenvalue weighted by molar-refractivity contribution is 0.390. The Morgan fingerprint density at radius 2 is 1.85 bits per heavy atom. The predicted molar refractivity (Wildman–Crippen MR) is 79.9 cm³/mol. The second kappa shape index (κ2) is 7.01. The molecule has 0 aliphatic heterocycles. The van der Waals surface area contributed by atoms with Crippen LogP contribution in [0.25, 0.3) is 0 Å². The Bertz CT molecular complexity index is 522. The maximum absolute atomic E-state index is 5.06. The van der Waals surface area contributed by atoms with Crippen LogP contribution < -0.4 is 10.1 Å². The van der Waals surface area contributed by atoms with Gasteiger partial charge in [0.05, 0.1) is 18.8 Å². The first-order valence-corrected chi connectivity index (χ1v) is 6.92. The summed E-state index contributed by atoms with van der Waals surface area (Å²) in [4.78, 5) is 0. The van der Waals surface area contributed by atoms with E-state index in [-0.39, 0.29) is 6.04 Å². The van der Waals surface area contributed by atoms with E-state index in [1.54, 1.807) is 7.11 Å². The topological polar surface area (TPSA) is 47.0 Å². The van der Waals surface area contributed by atoms with Gasteiger partial charge in [0.25, 0.3) is 0 Å². The van der Waals surface area contributed by atoms with Crippen LogP contribution in [0.4, 0.5) is 0 Å². The van der Waals surface area contributed by atoms with Crippen molar-refractivity contribution in [3.05, 3.63) is 53.2 Å². The fourth-order valence-corrected chi connectivity index (χ4v) is 2.03. The Labute approximate surface area is 120 Å². The lowest BCUT2D eigenvalue weighted by atomic mass is 10.0. The van der Waals surface area contributed by atoms with E-state index in [1.165, 1.54) is 11.1 Å². The first-order valence-electron chi connectivity index (χ1n) is 6.92. The van der Waals surface area contributed by atoms with Crippen LogP contribution in [0, 0.1) is 6.92 Å². The third-order valence-electron chi connectivity index (χ3n) is 3.17. The zero-order valence-electron chi connectivity index (χ0n) is 12.3. The number of aromatic nitrogens is 2. The first-order chi connectivity index (χ1) is 9.74. The van der Waals surface area contributed by atoms with Gasteiger partial charge in [-0.25, -0.2) is 0 Å². The molecule has 0 saturated heterocycles. The summed E-state index contributed by atoms with van der Waals surface area (Å²) in [6.45, 7) is 5.18. The summed E-state index contributed by atoms with van der Waals surface area (Å²) < 4.78 is 5.06. The fraction of sp³-hybridized carbons (Fsp3) is 0.375. The van der Waals surface area contributed by atoms with E-state index in [2.05, 4.69) is 53.6 Å². The molecule has 4 heteroatoms.